The number of hydrogen-bond acceptors (Lipinski definition) is 10. The van der Waals surface area contributed by atoms with Gasteiger partial charge >= 0.3 is 23.9 Å². The molecule has 0 aromatic carbocycles. The monoisotopic (exact) mass is 1020 g/mol. The zero-order valence-corrected chi connectivity index (χ0v) is 47.7. The van der Waals surface area contributed by atoms with Gasteiger partial charge in [0.25, 0.3) is 0 Å². The molecule has 1 aliphatic heterocycles. The molecule has 0 aliphatic carbocycles. The third-order valence-corrected chi connectivity index (χ3v) is 14.6. The highest BCUT2D eigenvalue weighted by Gasteiger charge is 2.27. The van der Waals surface area contributed by atoms with Crippen molar-refractivity contribution in [3.63, 3.8) is 0 Å². The quantitative estimate of drug-likeness (QED) is 0.0330. The summed E-state index contributed by atoms with van der Waals surface area (Å²) in [5.41, 5.74) is 0. The minimum atomic E-state index is -0.564. The molecule has 1 heterocycles. The first kappa shape index (κ1) is 67.3. The van der Waals surface area contributed by atoms with Gasteiger partial charge in [0.05, 0.1) is 6.04 Å². The van der Waals surface area contributed by atoms with E-state index in [1.807, 2.05) is 4.90 Å². The summed E-state index contributed by atoms with van der Waals surface area (Å²) in [5, 5.41) is 0. The summed E-state index contributed by atoms with van der Waals surface area (Å²) in [5.74, 6) is -0.825. The van der Waals surface area contributed by atoms with E-state index in [1.54, 1.807) is 0 Å². The molecule has 1 rings (SSSR count). The van der Waals surface area contributed by atoms with Gasteiger partial charge in [-0.25, -0.2) is 0 Å². The predicted octanol–water partition coefficient (Wildman–Crippen LogP) is 15.9. The highest BCUT2D eigenvalue weighted by Crippen LogP contribution is 2.20. The van der Waals surface area contributed by atoms with Crippen molar-refractivity contribution in [3.8, 4) is 0 Å². The Kier molecular flexibility index (Phi) is 46.0. The Balaban J connectivity index is 2.76. The lowest BCUT2D eigenvalue weighted by molar-refractivity contribution is -0.155. The van der Waals surface area contributed by atoms with E-state index in [-0.39, 0.29) is 68.0 Å². The first-order chi connectivity index (χ1) is 35.2. The number of hydrogen-bond donors (Lipinski definition) is 0. The summed E-state index contributed by atoms with van der Waals surface area (Å²) < 4.78 is 23.7. The minimum absolute atomic E-state index is 0.0175. The average molecular weight is 1020 g/mol. The summed E-state index contributed by atoms with van der Waals surface area (Å²) >= 11 is 0. The zero-order valence-electron chi connectivity index (χ0n) is 47.7. The SMILES string of the molecule is CCCCCCCCC(=O)N(CCCN1CCCC1)C(COC(=O)CCCCCCC(=O)OC(CCCCC)CCCCCCC)COC(=O)CCCCCCC(=O)OC(CCCCCC)CCCCCC. The topological polar surface area (TPSA) is 129 Å². The Morgan fingerprint density at radius 2 is 0.708 bits per heavy atom. The Hall–Kier alpha value is -2.69. The molecule has 11 heteroatoms. The van der Waals surface area contributed by atoms with Crippen molar-refractivity contribution in [3.05, 3.63) is 0 Å². The van der Waals surface area contributed by atoms with Crippen LogP contribution in [0.2, 0.25) is 0 Å². The largest absolute Gasteiger partial charge is 0.463 e. The highest BCUT2D eigenvalue weighted by molar-refractivity contribution is 5.77. The number of carbonyl (C=O) groups excluding carboxylic acids is 5. The van der Waals surface area contributed by atoms with Gasteiger partial charge in [0, 0.05) is 38.6 Å². The Labute approximate surface area is 442 Å². The number of ether oxygens (including phenoxy) is 4. The summed E-state index contributed by atoms with van der Waals surface area (Å²) in [7, 11) is 0. The molecule has 2 atom stereocenters. The molecule has 1 aliphatic rings. The molecule has 0 saturated carbocycles. The molecule has 422 valence electrons. The van der Waals surface area contributed by atoms with Crippen molar-refractivity contribution in [2.75, 3.05) is 39.4 Å². The molecule has 0 spiro atoms. The van der Waals surface area contributed by atoms with Crippen molar-refractivity contribution in [1.82, 2.24) is 9.80 Å². The van der Waals surface area contributed by atoms with E-state index in [9.17, 15) is 24.0 Å². The van der Waals surface area contributed by atoms with Crippen LogP contribution in [0.4, 0.5) is 0 Å². The fourth-order valence-corrected chi connectivity index (χ4v) is 9.93. The molecule has 72 heavy (non-hydrogen) atoms. The maximum Gasteiger partial charge on any atom is 0.306 e. The van der Waals surface area contributed by atoms with Crippen molar-refractivity contribution in [1.29, 1.82) is 0 Å². The Morgan fingerprint density at radius 1 is 0.389 bits per heavy atom. The van der Waals surface area contributed by atoms with Gasteiger partial charge in [0.1, 0.15) is 25.4 Å². The average Bonchev–Trinajstić information content (AvgIpc) is 3.90. The molecule has 2 unspecified atom stereocenters. The summed E-state index contributed by atoms with van der Waals surface area (Å²) in [6.07, 6.45) is 40.2. The molecule has 0 N–H and O–H groups in total. The van der Waals surface area contributed by atoms with Crippen LogP contribution in [0.3, 0.4) is 0 Å². The van der Waals surface area contributed by atoms with Gasteiger partial charge in [-0.2, -0.15) is 0 Å². The van der Waals surface area contributed by atoms with E-state index in [2.05, 4.69) is 39.5 Å². The van der Waals surface area contributed by atoms with Crippen molar-refractivity contribution >= 4 is 29.8 Å². The van der Waals surface area contributed by atoms with Gasteiger partial charge < -0.3 is 28.7 Å². The predicted molar refractivity (Wildman–Crippen MR) is 296 cm³/mol. The fraction of sp³-hybridized carbons (Fsp3) is 0.918. The molecular formula is C61H114N2O9. The van der Waals surface area contributed by atoms with E-state index in [4.69, 9.17) is 18.9 Å². The summed E-state index contributed by atoms with van der Waals surface area (Å²) in [4.78, 5) is 70.2. The minimum Gasteiger partial charge on any atom is -0.463 e. The summed E-state index contributed by atoms with van der Waals surface area (Å²) in [6, 6.07) is -0.564. The van der Waals surface area contributed by atoms with Crippen LogP contribution in [-0.4, -0.2) is 97.2 Å². The van der Waals surface area contributed by atoms with Crippen molar-refractivity contribution in [2.45, 2.75) is 323 Å². The highest BCUT2D eigenvalue weighted by atomic mass is 16.6. The van der Waals surface area contributed by atoms with E-state index >= 15 is 0 Å². The standard InChI is InChI=1S/C61H114N2O9/c1-6-11-16-20-22-31-43-57(64)63(51-38-50-62-48-36-37-49-62)54(52-69-58(65)44-32-23-25-34-46-60(67)71-55(39-27-15-10-5)42-30-21-17-12-7-2)53-70-59(66)45-33-24-26-35-47-61(68)72-56(40-28-18-13-8-3)41-29-19-14-9-4/h54-56H,6-53H2,1-5H3. The molecule has 0 radical (unpaired) electrons. The van der Waals surface area contributed by atoms with Crippen molar-refractivity contribution in [2.24, 2.45) is 0 Å². The van der Waals surface area contributed by atoms with E-state index in [0.29, 0.717) is 38.6 Å². The lowest BCUT2D eigenvalue weighted by atomic mass is 10.0. The molecule has 1 amide bonds. The normalized spacial score (nSPS) is 13.6. The Bertz CT molecular complexity index is 1290. The first-order valence-corrected chi connectivity index (χ1v) is 30.9. The third kappa shape index (κ3) is 39.7. The molecular weight excluding hydrogens is 905 g/mol. The molecule has 0 aromatic heterocycles. The van der Waals surface area contributed by atoms with Crippen LogP contribution in [0, 0.1) is 0 Å². The van der Waals surface area contributed by atoms with Crippen LogP contribution in [-0.2, 0) is 42.9 Å². The van der Waals surface area contributed by atoms with Gasteiger partial charge in [0.2, 0.25) is 5.91 Å². The number of carbonyl (C=O) groups is 5. The van der Waals surface area contributed by atoms with E-state index in [0.717, 1.165) is 148 Å². The molecule has 0 bridgehead atoms. The molecule has 11 nitrogen and oxygen atoms in total. The smallest absolute Gasteiger partial charge is 0.306 e. The maximum absolute atomic E-state index is 14.0. The van der Waals surface area contributed by atoms with Crippen LogP contribution < -0.4 is 0 Å². The van der Waals surface area contributed by atoms with Gasteiger partial charge in [-0.05, 0) is 122 Å². The molecule has 0 aromatic rings. The second-order valence-electron chi connectivity index (χ2n) is 21.5. The van der Waals surface area contributed by atoms with Crippen molar-refractivity contribution < 1.29 is 42.9 Å². The number of rotatable bonds is 52. The van der Waals surface area contributed by atoms with Gasteiger partial charge in [0.15, 0.2) is 0 Å². The fourth-order valence-electron chi connectivity index (χ4n) is 9.93. The summed E-state index contributed by atoms with van der Waals surface area (Å²) in [6.45, 7) is 14.6. The van der Waals surface area contributed by atoms with Gasteiger partial charge in [-0.3, -0.25) is 24.0 Å². The van der Waals surface area contributed by atoms with Crippen LogP contribution in [0.1, 0.15) is 304 Å². The number of esters is 4. The number of likely N-dealkylation sites (tertiary alicyclic amines) is 1. The first-order valence-electron chi connectivity index (χ1n) is 30.9. The lowest BCUT2D eigenvalue weighted by Gasteiger charge is -2.32. The van der Waals surface area contributed by atoms with E-state index in [1.165, 1.54) is 96.3 Å². The lowest BCUT2D eigenvalue weighted by Crippen LogP contribution is -2.47. The van der Waals surface area contributed by atoms with Crippen LogP contribution >= 0.6 is 0 Å². The maximum atomic E-state index is 14.0. The second kappa shape index (κ2) is 49.2. The van der Waals surface area contributed by atoms with E-state index < -0.39 is 6.04 Å². The van der Waals surface area contributed by atoms with Crippen LogP contribution in [0.15, 0.2) is 0 Å². The van der Waals surface area contributed by atoms with Crippen LogP contribution in [0.5, 0.6) is 0 Å². The number of unbranched alkanes of at least 4 members (excludes halogenated alkanes) is 23. The third-order valence-electron chi connectivity index (χ3n) is 14.6. The van der Waals surface area contributed by atoms with Crippen LogP contribution in [0.25, 0.3) is 0 Å². The second-order valence-corrected chi connectivity index (χ2v) is 21.5. The van der Waals surface area contributed by atoms with Gasteiger partial charge in [-0.1, -0.05) is 169 Å². The Morgan fingerprint density at radius 3 is 1.12 bits per heavy atom. The molecule has 1 saturated heterocycles. The van der Waals surface area contributed by atoms with Gasteiger partial charge in [-0.15, -0.1) is 0 Å². The molecule has 1 fully saturated rings. The number of nitrogens with zero attached hydrogens (tertiary/aromatic N) is 2. The zero-order chi connectivity index (χ0) is 52.5. The number of amides is 1.